The molecule has 0 bridgehead atoms. The van der Waals surface area contributed by atoms with E-state index in [1.807, 2.05) is 39.8 Å². The van der Waals surface area contributed by atoms with Crippen molar-refractivity contribution in [2.75, 3.05) is 13.2 Å². The van der Waals surface area contributed by atoms with Crippen molar-refractivity contribution in [2.24, 2.45) is 5.73 Å². The Kier molecular flexibility index (Phi) is 5.36. The third-order valence-corrected chi connectivity index (χ3v) is 3.18. The van der Waals surface area contributed by atoms with E-state index in [9.17, 15) is 4.79 Å². The summed E-state index contributed by atoms with van der Waals surface area (Å²) in [5.41, 5.74) is 7.05. The number of nitrogens with one attached hydrogen (secondary N) is 1. The highest BCUT2D eigenvalue weighted by Gasteiger charge is 2.29. The van der Waals surface area contributed by atoms with Crippen LogP contribution in [0.2, 0.25) is 0 Å². The van der Waals surface area contributed by atoms with Crippen molar-refractivity contribution in [3.05, 3.63) is 29.3 Å². The Morgan fingerprint density at radius 3 is 2.37 bits per heavy atom. The molecule has 3 N–H and O–H groups in total. The van der Waals surface area contributed by atoms with Crippen molar-refractivity contribution in [1.29, 1.82) is 0 Å². The minimum Gasteiger partial charge on any atom is -0.493 e. The molecule has 0 radical (unpaired) electrons. The van der Waals surface area contributed by atoms with Gasteiger partial charge in [-0.15, -0.1) is 0 Å². The minimum atomic E-state index is -0.715. The zero-order valence-electron chi connectivity index (χ0n) is 12.2. The van der Waals surface area contributed by atoms with Gasteiger partial charge in [0.1, 0.15) is 5.75 Å². The maximum atomic E-state index is 11.5. The lowest BCUT2D eigenvalue weighted by Crippen LogP contribution is -2.53. The molecule has 0 saturated carbocycles. The summed E-state index contributed by atoms with van der Waals surface area (Å²) in [7, 11) is 0. The van der Waals surface area contributed by atoms with Gasteiger partial charge >= 0.3 is 0 Å². The van der Waals surface area contributed by atoms with Crippen molar-refractivity contribution in [1.82, 2.24) is 5.32 Å². The highest BCUT2D eigenvalue weighted by Crippen LogP contribution is 2.17. The van der Waals surface area contributed by atoms with E-state index in [1.54, 1.807) is 0 Å². The summed E-state index contributed by atoms with van der Waals surface area (Å²) in [6, 6.07) is 6.07. The summed E-state index contributed by atoms with van der Waals surface area (Å²) in [6.45, 7) is 8.98. The van der Waals surface area contributed by atoms with E-state index in [1.165, 1.54) is 11.1 Å². The van der Waals surface area contributed by atoms with Gasteiger partial charge in [-0.2, -0.15) is 0 Å². The predicted octanol–water partition coefficient (Wildman–Crippen LogP) is 1.93. The van der Waals surface area contributed by atoms with E-state index in [0.29, 0.717) is 19.6 Å². The lowest BCUT2D eigenvalue weighted by molar-refractivity contribution is -0.124. The number of hydrogen-bond donors (Lipinski definition) is 2. The number of benzene rings is 1. The van der Waals surface area contributed by atoms with Crippen molar-refractivity contribution in [2.45, 2.75) is 39.7 Å². The number of ether oxygens (including phenoxy) is 1. The summed E-state index contributed by atoms with van der Waals surface area (Å²) in [5, 5.41) is 3.11. The third kappa shape index (κ3) is 4.56. The quantitative estimate of drug-likeness (QED) is 0.791. The average Bonchev–Trinajstić information content (AvgIpc) is 2.27. The van der Waals surface area contributed by atoms with E-state index >= 15 is 0 Å². The van der Waals surface area contributed by atoms with Crippen LogP contribution in [-0.2, 0) is 4.79 Å². The van der Waals surface area contributed by atoms with Gasteiger partial charge in [0.25, 0.3) is 0 Å². The van der Waals surface area contributed by atoms with Crippen LogP contribution in [0.1, 0.15) is 31.4 Å². The molecule has 1 atom stereocenters. The number of carbonyl (C=O) groups excluding carboxylic acids is 1. The molecule has 4 heteroatoms. The van der Waals surface area contributed by atoms with Crippen molar-refractivity contribution in [3.63, 3.8) is 0 Å². The SMILES string of the molecule is CCNC(C)(CCOc1cc(C)cc(C)c1)C(N)=O. The topological polar surface area (TPSA) is 64.3 Å². The van der Waals surface area contributed by atoms with Gasteiger partial charge in [-0.05, 0) is 50.6 Å². The lowest BCUT2D eigenvalue weighted by Gasteiger charge is -2.26. The number of likely N-dealkylation sites (N-methyl/N-ethyl adjacent to an activating group) is 1. The highest BCUT2D eigenvalue weighted by atomic mass is 16.5. The molecule has 1 aromatic carbocycles. The second-order valence-corrected chi connectivity index (χ2v) is 5.15. The Morgan fingerprint density at radius 1 is 1.32 bits per heavy atom. The van der Waals surface area contributed by atoms with Crippen LogP contribution in [0.15, 0.2) is 18.2 Å². The van der Waals surface area contributed by atoms with Gasteiger partial charge in [0.15, 0.2) is 0 Å². The molecule has 1 rings (SSSR count). The molecule has 0 aromatic heterocycles. The van der Waals surface area contributed by atoms with E-state index in [0.717, 1.165) is 5.75 Å². The lowest BCUT2D eigenvalue weighted by atomic mass is 9.97. The fraction of sp³-hybridized carbons (Fsp3) is 0.533. The summed E-state index contributed by atoms with van der Waals surface area (Å²) in [4.78, 5) is 11.5. The molecular weight excluding hydrogens is 240 g/mol. The van der Waals surface area contributed by atoms with Gasteiger partial charge in [-0.1, -0.05) is 13.0 Å². The van der Waals surface area contributed by atoms with Gasteiger partial charge in [-0.3, -0.25) is 4.79 Å². The van der Waals surface area contributed by atoms with Gasteiger partial charge in [0.05, 0.1) is 12.1 Å². The number of hydrogen-bond acceptors (Lipinski definition) is 3. The Bertz CT molecular complexity index is 426. The summed E-state index contributed by atoms with van der Waals surface area (Å²) in [6.07, 6.45) is 0.545. The van der Waals surface area contributed by atoms with Crippen LogP contribution < -0.4 is 15.8 Å². The maximum Gasteiger partial charge on any atom is 0.237 e. The van der Waals surface area contributed by atoms with Crippen LogP contribution in [0, 0.1) is 13.8 Å². The van der Waals surface area contributed by atoms with Crippen LogP contribution in [0.25, 0.3) is 0 Å². The first kappa shape index (κ1) is 15.5. The third-order valence-electron chi connectivity index (χ3n) is 3.18. The van der Waals surface area contributed by atoms with Gasteiger partial charge < -0.3 is 15.8 Å². The zero-order chi connectivity index (χ0) is 14.5. The molecule has 0 fully saturated rings. The first-order chi connectivity index (χ1) is 8.87. The van der Waals surface area contributed by atoms with E-state index in [4.69, 9.17) is 10.5 Å². The van der Waals surface area contributed by atoms with Crippen LogP contribution in [0.4, 0.5) is 0 Å². The second-order valence-electron chi connectivity index (χ2n) is 5.15. The van der Waals surface area contributed by atoms with E-state index in [-0.39, 0.29) is 5.91 Å². The van der Waals surface area contributed by atoms with Crippen LogP contribution in [-0.4, -0.2) is 24.6 Å². The number of primary amides is 1. The molecule has 0 spiro atoms. The molecule has 0 aliphatic heterocycles. The number of amides is 1. The second kappa shape index (κ2) is 6.57. The Morgan fingerprint density at radius 2 is 1.89 bits per heavy atom. The first-order valence-corrected chi connectivity index (χ1v) is 6.63. The maximum absolute atomic E-state index is 11.5. The minimum absolute atomic E-state index is 0.349. The van der Waals surface area contributed by atoms with E-state index < -0.39 is 5.54 Å². The summed E-state index contributed by atoms with van der Waals surface area (Å²) >= 11 is 0. The first-order valence-electron chi connectivity index (χ1n) is 6.63. The van der Waals surface area contributed by atoms with Crippen LogP contribution in [0.5, 0.6) is 5.75 Å². The highest BCUT2D eigenvalue weighted by molar-refractivity contribution is 5.84. The standard InChI is InChI=1S/C15H24N2O2/c1-5-17-15(4,14(16)18)6-7-19-13-9-11(2)8-12(3)10-13/h8-10,17H,5-7H2,1-4H3,(H2,16,18). The molecular formula is C15H24N2O2. The molecule has 1 unspecified atom stereocenters. The molecule has 4 nitrogen and oxygen atoms in total. The monoisotopic (exact) mass is 264 g/mol. The largest absolute Gasteiger partial charge is 0.493 e. The molecule has 0 saturated heterocycles. The molecule has 106 valence electrons. The van der Waals surface area contributed by atoms with E-state index in [2.05, 4.69) is 11.4 Å². The summed E-state index contributed by atoms with van der Waals surface area (Å²) in [5.74, 6) is 0.485. The molecule has 0 aliphatic rings. The fourth-order valence-electron chi connectivity index (χ4n) is 2.08. The molecule has 0 heterocycles. The Hall–Kier alpha value is -1.55. The fourth-order valence-corrected chi connectivity index (χ4v) is 2.08. The Balaban J connectivity index is 2.59. The average molecular weight is 264 g/mol. The normalized spacial score (nSPS) is 13.9. The number of carbonyl (C=O) groups is 1. The van der Waals surface area contributed by atoms with Crippen LogP contribution in [0.3, 0.4) is 0 Å². The molecule has 1 amide bonds. The van der Waals surface area contributed by atoms with Gasteiger partial charge in [0, 0.05) is 6.42 Å². The zero-order valence-corrected chi connectivity index (χ0v) is 12.2. The van der Waals surface area contributed by atoms with Crippen molar-refractivity contribution >= 4 is 5.91 Å². The Labute approximate surface area is 115 Å². The molecule has 19 heavy (non-hydrogen) atoms. The van der Waals surface area contributed by atoms with Gasteiger partial charge in [0.2, 0.25) is 5.91 Å². The number of aryl methyl sites for hydroxylation is 2. The van der Waals surface area contributed by atoms with Crippen molar-refractivity contribution in [3.8, 4) is 5.75 Å². The summed E-state index contributed by atoms with van der Waals surface area (Å²) < 4.78 is 5.71. The molecule has 0 aliphatic carbocycles. The number of rotatable bonds is 7. The van der Waals surface area contributed by atoms with Gasteiger partial charge in [-0.25, -0.2) is 0 Å². The molecule has 1 aromatic rings. The van der Waals surface area contributed by atoms with Crippen molar-refractivity contribution < 1.29 is 9.53 Å². The van der Waals surface area contributed by atoms with Crippen LogP contribution >= 0.6 is 0 Å². The number of nitrogens with two attached hydrogens (primary N) is 1. The predicted molar refractivity (Wildman–Crippen MR) is 77.3 cm³/mol. The smallest absolute Gasteiger partial charge is 0.237 e.